The number of likely N-dealkylation sites (N-methyl/N-ethyl adjacent to an activating group) is 1. The van der Waals surface area contributed by atoms with Crippen LogP contribution in [0.4, 0.5) is 0 Å². The molecule has 0 unspecified atom stereocenters. The Morgan fingerprint density at radius 3 is 2.12 bits per heavy atom. The predicted molar refractivity (Wildman–Crippen MR) is 102 cm³/mol. The molecule has 0 atom stereocenters. The van der Waals surface area contributed by atoms with Gasteiger partial charge in [0.25, 0.3) is 5.91 Å². The Morgan fingerprint density at radius 2 is 1.56 bits per heavy atom. The Hall–Kier alpha value is -1.88. The summed E-state index contributed by atoms with van der Waals surface area (Å²) in [5, 5.41) is 0.698. The molecule has 0 aliphatic heterocycles. The Kier molecular flexibility index (Phi) is 7.44. The lowest BCUT2D eigenvalue weighted by Crippen LogP contribution is -2.36. The average Bonchev–Trinajstić information content (AvgIpc) is 2.60. The lowest BCUT2D eigenvalue weighted by atomic mass is 10.1. The van der Waals surface area contributed by atoms with Crippen LogP contribution in [0.5, 0.6) is 0 Å². The van der Waals surface area contributed by atoms with Crippen molar-refractivity contribution in [2.45, 2.75) is 13.2 Å². The minimum Gasteiger partial charge on any atom is -0.380 e. The number of hydrogen-bond donors (Lipinski definition) is 0. The molecule has 0 N–H and O–H groups in total. The van der Waals surface area contributed by atoms with Gasteiger partial charge in [0.2, 0.25) is 0 Å². The second kappa shape index (κ2) is 9.56. The summed E-state index contributed by atoms with van der Waals surface area (Å²) in [6.07, 6.45) is 0. The van der Waals surface area contributed by atoms with Gasteiger partial charge in [-0.25, -0.2) is 0 Å². The first-order valence-corrected chi connectivity index (χ1v) is 8.63. The number of carbonyl (C=O) groups is 1. The van der Waals surface area contributed by atoms with E-state index in [0.717, 1.165) is 17.7 Å². The smallest absolute Gasteiger partial charge is 0.254 e. The van der Waals surface area contributed by atoms with Gasteiger partial charge in [-0.2, -0.15) is 0 Å². The molecule has 0 saturated carbocycles. The van der Waals surface area contributed by atoms with Crippen molar-refractivity contribution in [2.75, 3.05) is 34.3 Å². The Balaban J connectivity index is 2.14. The molecule has 0 fully saturated rings. The fourth-order valence-corrected chi connectivity index (χ4v) is 2.60. The van der Waals surface area contributed by atoms with E-state index < -0.39 is 0 Å². The Labute approximate surface area is 155 Å². The Bertz CT molecular complexity index is 669. The summed E-state index contributed by atoms with van der Waals surface area (Å²) in [4.78, 5) is 16.9. The summed E-state index contributed by atoms with van der Waals surface area (Å²) in [6.45, 7) is 2.57. The molecule has 4 nitrogen and oxygen atoms in total. The van der Waals surface area contributed by atoms with Crippen LogP contribution in [0.15, 0.2) is 48.5 Å². The molecule has 134 valence electrons. The number of ether oxygens (including phenoxy) is 1. The highest BCUT2D eigenvalue weighted by Crippen LogP contribution is 2.14. The van der Waals surface area contributed by atoms with Crippen LogP contribution in [0, 0.1) is 0 Å². The minimum atomic E-state index is 0.0285. The van der Waals surface area contributed by atoms with Crippen molar-refractivity contribution >= 4 is 17.5 Å². The lowest BCUT2D eigenvalue weighted by molar-refractivity contribution is 0.0732. The summed E-state index contributed by atoms with van der Waals surface area (Å²) >= 11 is 5.95. The normalized spacial score (nSPS) is 10.9. The van der Waals surface area contributed by atoms with Gasteiger partial charge in [-0.1, -0.05) is 35.9 Å². The third-order valence-corrected chi connectivity index (χ3v) is 4.15. The van der Waals surface area contributed by atoms with Crippen LogP contribution in [-0.4, -0.2) is 50.0 Å². The molecule has 0 heterocycles. The molecule has 2 aromatic carbocycles. The number of carbonyl (C=O) groups excluding carboxylic acids is 1. The third-order valence-electron chi connectivity index (χ3n) is 3.90. The zero-order valence-corrected chi connectivity index (χ0v) is 15.8. The zero-order chi connectivity index (χ0) is 18.2. The van der Waals surface area contributed by atoms with Crippen LogP contribution in [0.25, 0.3) is 0 Å². The van der Waals surface area contributed by atoms with Gasteiger partial charge < -0.3 is 14.5 Å². The SMILES string of the molecule is COCc1ccc(C(=O)N(CCN(C)C)Cc2ccc(Cl)cc2)cc1. The molecular formula is C20H25ClN2O2. The summed E-state index contributed by atoms with van der Waals surface area (Å²) < 4.78 is 5.12. The van der Waals surface area contributed by atoms with Crippen LogP contribution < -0.4 is 0 Å². The van der Waals surface area contributed by atoms with E-state index in [1.807, 2.05) is 67.5 Å². The van der Waals surface area contributed by atoms with Gasteiger partial charge in [-0.3, -0.25) is 4.79 Å². The number of benzene rings is 2. The van der Waals surface area contributed by atoms with Gasteiger partial charge in [0.05, 0.1) is 6.61 Å². The van der Waals surface area contributed by atoms with Gasteiger partial charge in [-0.05, 0) is 49.5 Å². The highest BCUT2D eigenvalue weighted by Gasteiger charge is 2.16. The average molecular weight is 361 g/mol. The molecule has 5 heteroatoms. The van der Waals surface area contributed by atoms with Gasteiger partial charge >= 0.3 is 0 Å². The van der Waals surface area contributed by atoms with Gasteiger partial charge in [0.1, 0.15) is 0 Å². The molecule has 1 amide bonds. The number of nitrogens with zero attached hydrogens (tertiary/aromatic N) is 2. The first-order chi connectivity index (χ1) is 12.0. The molecule has 0 saturated heterocycles. The van der Waals surface area contributed by atoms with Crippen molar-refractivity contribution in [1.82, 2.24) is 9.80 Å². The standard InChI is InChI=1S/C20H25ClN2O2/c1-22(2)12-13-23(14-16-6-10-19(21)11-7-16)20(24)18-8-4-17(5-9-18)15-25-3/h4-11H,12-15H2,1-3H3. The molecule has 2 aromatic rings. The number of rotatable bonds is 8. The Morgan fingerprint density at radius 1 is 0.960 bits per heavy atom. The van der Waals surface area contributed by atoms with E-state index in [1.54, 1.807) is 7.11 Å². The quantitative estimate of drug-likeness (QED) is 0.719. The third kappa shape index (κ3) is 6.16. The van der Waals surface area contributed by atoms with Crippen molar-refractivity contribution in [1.29, 1.82) is 0 Å². The molecule has 0 aliphatic carbocycles. The number of methoxy groups -OCH3 is 1. The molecule has 0 aliphatic rings. The van der Waals surface area contributed by atoms with Crippen molar-refractivity contribution < 1.29 is 9.53 Å². The second-order valence-electron chi connectivity index (χ2n) is 6.29. The van der Waals surface area contributed by atoms with Crippen molar-refractivity contribution in [2.24, 2.45) is 0 Å². The van der Waals surface area contributed by atoms with Crippen LogP contribution in [0.1, 0.15) is 21.5 Å². The monoisotopic (exact) mass is 360 g/mol. The van der Waals surface area contributed by atoms with E-state index in [0.29, 0.717) is 30.3 Å². The summed E-state index contributed by atoms with van der Waals surface area (Å²) in [5.41, 5.74) is 2.80. The van der Waals surface area contributed by atoms with E-state index in [9.17, 15) is 4.79 Å². The lowest BCUT2D eigenvalue weighted by Gasteiger charge is -2.25. The molecular weight excluding hydrogens is 336 g/mol. The maximum absolute atomic E-state index is 12.9. The molecule has 0 spiro atoms. The molecule has 25 heavy (non-hydrogen) atoms. The van der Waals surface area contributed by atoms with Crippen molar-refractivity contribution in [3.8, 4) is 0 Å². The maximum Gasteiger partial charge on any atom is 0.254 e. The van der Waals surface area contributed by atoms with Gasteiger partial charge in [-0.15, -0.1) is 0 Å². The van der Waals surface area contributed by atoms with Crippen LogP contribution in [0.2, 0.25) is 5.02 Å². The summed E-state index contributed by atoms with van der Waals surface area (Å²) in [7, 11) is 5.67. The fraction of sp³-hybridized carbons (Fsp3) is 0.350. The molecule has 2 rings (SSSR count). The van der Waals surface area contributed by atoms with Gasteiger partial charge in [0.15, 0.2) is 0 Å². The predicted octanol–water partition coefficient (Wildman–Crippen LogP) is 3.69. The molecule has 0 bridgehead atoms. The topological polar surface area (TPSA) is 32.8 Å². The zero-order valence-electron chi connectivity index (χ0n) is 15.0. The van der Waals surface area contributed by atoms with E-state index in [-0.39, 0.29) is 5.91 Å². The second-order valence-corrected chi connectivity index (χ2v) is 6.72. The summed E-state index contributed by atoms with van der Waals surface area (Å²) in [5.74, 6) is 0.0285. The van der Waals surface area contributed by atoms with E-state index in [4.69, 9.17) is 16.3 Å². The highest BCUT2D eigenvalue weighted by molar-refractivity contribution is 6.30. The van der Waals surface area contributed by atoms with Crippen molar-refractivity contribution in [3.05, 3.63) is 70.2 Å². The maximum atomic E-state index is 12.9. The molecule has 0 radical (unpaired) electrons. The first-order valence-electron chi connectivity index (χ1n) is 8.26. The highest BCUT2D eigenvalue weighted by atomic mass is 35.5. The molecule has 0 aromatic heterocycles. The van der Waals surface area contributed by atoms with Crippen LogP contribution in [0.3, 0.4) is 0 Å². The van der Waals surface area contributed by atoms with E-state index in [1.165, 1.54) is 0 Å². The fourth-order valence-electron chi connectivity index (χ4n) is 2.48. The first kappa shape index (κ1) is 19.4. The van der Waals surface area contributed by atoms with E-state index >= 15 is 0 Å². The minimum absolute atomic E-state index is 0.0285. The van der Waals surface area contributed by atoms with Crippen LogP contribution in [-0.2, 0) is 17.9 Å². The number of amides is 1. The number of hydrogen-bond acceptors (Lipinski definition) is 3. The van der Waals surface area contributed by atoms with E-state index in [2.05, 4.69) is 4.90 Å². The largest absolute Gasteiger partial charge is 0.380 e. The van der Waals surface area contributed by atoms with Gasteiger partial charge in [0, 0.05) is 37.3 Å². The van der Waals surface area contributed by atoms with Crippen molar-refractivity contribution in [3.63, 3.8) is 0 Å². The van der Waals surface area contributed by atoms with Crippen LogP contribution >= 0.6 is 11.6 Å². The number of halogens is 1. The summed E-state index contributed by atoms with van der Waals surface area (Å²) in [6, 6.07) is 15.2.